The van der Waals surface area contributed by atoms with Crippen LogP contribution >= 0.6 is 22.9 Å². The smallest absolute Gasteiger partial charge is 0.0504 e. The average molecular weight is 277 g/mol. The van der Waals surface area contributed by atoms with Gasteiger partial charge in [-0.2, -0.15) is 0 Å². The first-order chi connectivity index (χ1) is 8.41. The summed E-state index contributed by atoms with van der Waals surface area (Å²) in [7, 11) is 0. The Bertz CT molecular complexity index is 655. The van der Waals surface area contributed by atoms with Crippen LogP contribution in [0.1, 0.15) is 44.1 Å². The number of allylic oxidation sites excluding steroid dienone is 2. The molecule has 1 heterocycles. The zero-order valence-corrected chi connectivity index (χ0v) is 12.7. The number of halogens is 1. The topological polar surface area (TPSA) is 0 Å². The second-order valence-electron chi connectivity index (χ2n) is 5.64. The Morgan fingerprint density at radius 1 is 1.17 bits per heavy atom. The molecular weight excluding hydrogens is 260 g/mol. The minimum atomic E-state index is -0.225. The van der Waals surface area contributed by atoms with Crippen molar-refractivity contribution in [3.63, 3.8) is 0 Å². The van der Waals surface area contributed by atoms with E-state index in [4.69, 9.17) is 11.6 Å². The Hall–Kier alpha value is -0.790. The van der Waals surface area contributed by atoms with E-state index in [0.717, 1.165) is 0 Å². The molecular formula is C16H17ClS. The van der Waals surface area contributed by atoms with E-state index in [-0.39, 0.29) is 4.87 Å². The van der Waals surface area contributed by atoms with Crippen molar-refractivity contribution in [3.8, 4) is 0 Å². The highest BCUT2D eigenvalue weighted by Gasteiger charge is 2.39. The molecule has 1 aliphatic rings. The van der Waals surface area contributed by atoms with E-state index in [9.17, 15) is 0 Å². The van der Waals surface area contributed by atoms with Crippen LogP contribution in [0.3, 0.4) is 0 Å². The molecule has 94 valence electrons. The normalized spacial score (nSPS) is 19.7. The first-order valence-electron chi connectivity index (χ1n) is 6.29. The van der Waals surface area contributed by atoms with E-state index in [1.54, 1.807) is 0 Å². The van der Waals surface area contributed by atoms with E-state index in [1.165, 1.54) is 31.7 Å². The lowest BCUT2D eigenvalue weighted by molar-refractivity contribution is 0.611. The van der Waals surface area contributed by atoms with E-state index < -0.39 is 0 Å². The Labute approximate surface area is 117 Å². The molecule has 0 spiro atoms. The zero-order valence-electron chi connectivity index (χ0n) is 11.2. The molecule has 1 aliphatic carbocycles. The number of hydrogen-bond donors (Lipinski definition) is 0. The second kappa shape index (κ2) is 3.85. The molecule has 0 fully saturated rings. The highest BCUT2D eigenvalue weighted by molar-refractivity contribution is 7.19. The average Bonchev–Trinajstić information content (AvgIpc) is 2.74. The van der Waals surface area contributed by atoms with Gasteiger partial charge < -0.3 is 0 Å². The van der Waals surface area contributed by atoms with Crippen molar-refractivity contribution in [2.45, 2.75) is 38.5 Å². The molecule has 3 rings (SSSR count). The summed E-state index contributed by atoms with van der Waals surface area (Å²) in [4.78, 5) is 1.23. The Morgan fingerprint density at radius 2 is 1.83 bits per heavy atom. The van der Waals surface area contributed by atoms with Gasteiger partial charge in [-0.3, -0.25) is 0 Å². The Balaban J connectivity index is 2.35. The van der Waals surface area contributed by atoms with Gasteiger partial charge in [0.2, 0.25) is 0 Å². The molecule has 0 nitrogen and oxygen atoms in total. The molecule has 0 radical (unpaired) electrons. The molecule has 0 aliphatic heterocycles. The number of fused-ring (bicyclic) bond motifs is 3. The molecule has 1 aromatic heterocycles. The highest BCUT2D eigenvalue weighted by atomic mass is 35.5. The molecule has 2 aromatic rings. The SMILES string of the molecule is CC1=C(C)C(C(C)(C)Cl)c2sc3ccccc3c21. The first kappa shape index (κ1) is 12.3. The maximum Gasteiger partial charge on any atom is 0.0504 e. The fourth-order valence-electron chi connectivity index (χ4n) is 3.09. The van der Waals surface area contributed by atoms with Crippen LogP contribution in [0.15, 0.2) is 29.8 Å². The number of alkyl halides is 1. The van der Waals surface area contributed by atoms with Crippen molar-refractivity contribution >= 4 is 38.6 Å². The minimum Gasteiger partial charge on any atom is -0.139 e. The lowest BCUT2D eigenvalue weighted by Crippen LogP contribution is -2.21. The van der Waals surface area contributed by atoms with Gasteiger partial charge in [0.15, 0.2) is 0 Å². The molecule has 1 aromatic carbocycles. The fraction of sp³-hybridized carbons (Fsp3) is 0.375. The van der Waals surface area contributed by atoms with Gasteiger partial charge in [0, 0.05) is 20.9 Å². The third-order valence-electron chi connectivity index (χ3n) is 3.97. The molecule has 0 bridgehead atoms. The lowest BCUT2D eigenvalue weighted by Gasteiger charge is -2.26. The van der Waals surface area contributed by atoms with Gasteiger partial charge in [-0.15, -0.1) is 22.9 Å². The van der Waals surface area contributed by atoms with Crippen molar-refractivity contribution < 1.29 is 0 Å². The van der Waals surface area contributed by atoms with Crippen LogP contribution in [0.25, 0.3) is 15.7 Å². The molecule has 0 saturated carbocycles. The van der Waals surface area contributed by atoms with Crippen molar-refractivity contribution in [2.75, 3.05) is 0 Å². The standard InChI is InChI=1S/C16H17ClS/c1-9-10(2)14(16(3,4)17)15-13(9)11-7-5-6-8-12(11)18-15/h5-8,14H,1-4H3. The van der Waals surface area contributed by atoms with Crippen LogP contribution in [-0.2, 0) is 0 Å². The van der Waals surface area contributed by atoms with Crippen LogP contribution in [0.2, 0.25) is 0 Å². The van der Waals surface area contributed by atoms with Crippen molar-refractivity contribution in [2.24, 2.45) is 0 Å². The summed E-state index contributed by atoms with van der Waals surface area (Å²) in [5, 5.41) is 1.39. The van der Waals surface area contributed by atoms with Gasteiger partial charge in [0.25, 0.3) is 0 Å². The van der Waals surface area contributed by atoms with Crippen molar-refractivity contribution in [3.05, 3.63) is 40.3 Å². The maximum atomic E-state index is 6.63. The van der Waals surface area contributed by atoms with Crippen molar-refractivity contribution in [1.82, 2.24) is 0 Å². The van der Waals surface area contributed by atoms with Gasteiger partial charge in [-0.1, -0.05) is 23.8 Å². The minimum absolute atomic E-state index is 0.225. The van der Waals surface area contributed by atoms with E-state index in [1.807, 2.05) is 11.3 Å². The summed E-state index contributed by atoms with van der Waals surface area (Å²) in [6.07, 6.45) is 0. The zero-order chi connectivity index (χ0) is 13.1. The van der Waals surface area contributed by atoms with Crippen LogP contribution in [0.5, 0.6) is 0 Å². The number of thiophene rings is 1. The quantitative estimate of drug-likeness (QED) is 0.577. The van der Waals surface area contributed by atoms with Crippen LogP contribution < -0.4 is 0 Å². The van der Waals surface area contributed by atoms with Crippen LogP contribution in [0.4, 0.5) is 0 Å². The van der Waals surface area contributed by atoms with Gasteiger partial charge in [-0.25, -0.2) is 0 Å². The lowest BCUT2D eigenvalue weighted by atomic mass is 9.90. The summed E-state index contributed by atoms with van der Waals surface area (Å²) < 4.78 is 1.38. The van der Waals surface area contributed by atoms with Crippen molar-refractivity contribution in [1.29, 1.82) is 0 Å². The third-order valence-corrected chi connectivity index (χ3v) is 5.42. The predicted octanol–water partition coefficient (Wildman–Crippen LogP) is 5.81. The van der Waals surface area contributed by atoms with Gasteiger partial charge >= 0.3 is 0 Å². The summed E-state index contributed by atoms with van der Waals surface area (Å²) in [5.74, 6) is 0.353. The molecule has 1 unspecified atom stereocenters. The molecule has 0 amide bonds. The molecule has 18 heavy (non-hydrogen) atoms. The molecule has 0 N–H and O–H groups in total. The van der Waals surface area contributed by atoms with E-state index in [2.05, 4.69) is 52.0 Å². The van der Waals surface area contributed by atoms with Gasteiger partial charge in [0.05, 0.1) is 4.87 Å². The molecule has 1 atom stereocenters. The summed E-state index contributed by atoms with van der Waals surface area (Å²) in [6.45, 7) is 8.70. The fourth-order valence-corrected chi connectivity index (χ4v) is 5.05. The number of hydrogen-bond acceptors (Lipinski definition) is 1. The highest BCUT2D eigenvalue weighted by Crippen LogP contribution is 2.54. The monoisotopic (exact) mass is 276 g/mol. The Morgan fingerprint density at radius 3 is 2.50 bits per heavy atom. The summed E-state index contributed by atoms with van der Waals surface area (Å²) in [5.41, 5.74) is 4.29. The van der Waals surface area contributed by atoms with Gasteiger partial charge in [-0.05, 0) is 44.9 Å². The molecule has 2 heteroatoms. The second-order valence-corrected chi connectivity index (χ2v) is 7.70. The summed E-state index contributed by atoms with van der Waals surface area (Å²) in [6, 6.07) is 8.67. The maximum absolute atomic E-state index is 6.63. The molecule has 0 saturated heterocycles. The largest absolute Gasteiger partial charge is 0.139 e. The summed E-state index contributed by atoms with van der Waals surface area (Å²) >= 11 is 8.53. The van der Waals surface area contributed by atoms with Gasteiger partial charge in [0.1, 0.15) is 0 Å². The Kier molecular flexibility index (Phi) is 2.62. The van der Waals surface area contributed by atoms with E-state index >= 15 is 0 Å². The third kappa shape index (κ3) is 1.57. The van der Waals surface area contributed by atoms with Crippen LogP contribution in [0, 0.1) is 0 Å². The predicted molar refractivity (Wildman–Crippen MR) is 82.8 cm³/mol. The first-order valence-corrected chi connectivity index (χ1v) is 7.49. The van der Waals surface area contributed by atoms with Crippen LogP contribution in [-0.4, -0.2) is 4.87 Å². The number of benzene rings is 1. The van der Waals surface area contributed by atoms with E-state index in [0.29, 0.717) is 5.92 Å². The number of rotatable bonds is 1.